The number of carbonyl (C=O) groups excluding carboxylic acids is 1. The van der Waals surface area contributed by atoms with E-state index in [1.807, 2.05) is 0 Å². The van der Waals surface area contributed by atoms with Gasteiger partial charge in [-0.1, -0.05) is 13.3 Å². The van der Waals surface area contributed by atoms with Crippen LogP contribution in [-0.2, 0) is 14.8 Å². The van der Waals surface area contributed by atoms with Crippen molar-refractivity contribution >= 4 is 21.6 Å². The zero-order valence-electron chi connectivity index (χ0n) is 11.6. The second-order valence-electron chi connectivity index (χ2n) is 4.88. The van der Waals surface area contributed by atoms with E-state index in [1.165, 1.54) is 0 Å². The molecular weight excluding hydrogens is 276 g/mol. The van der Waals surface area contributed by atoms with Crippen LogP contribution >= 0.6 is 0 Å². The van der Waals surface area contributed by atoms with Gasteiger partial charge >= 0.3 is 0 Å². The van der Waals surface area contributed by atoms with Crippen molar-refractivity contribution in [1.82, 2.24) is 4.31 Å². The molecule has 0 unspecified atom stereocenters. The van der Waals surface area contributed by atoms with Crippen molar-refractivity contribution in [1.29, 1.82) is 0 Å². The van der Waals surface area contributed by atoms with E-state index >= 15 is 0 Å². The van der Waals surface area contributed by atoms with Crippen molar-refractivity contribution in [2.45, 2.75) is 37.5 Å². The monoisotopic (exact) mass is 296 g/mol. The van der Waals surface area contributed by atoms with Gasteiger partial charge < -0.3 is 5.32 Å². The molecule has 1 amide bonds. The predicted octanol–water partition coefficient (Wildman–Crippen LogP) is 2.21. The van der Waals surface area contributed by atoms with Gasteiger partial charge in [-0.15, -0.1) is 0 Å². The molecule has 0 aromatic heterocycles. The van der Waals surface area contributed by atoms with Crippen LogP contribution in [0.25, 0.3) is 0 Å². The lowest BCUT2D eigenvalue weighted by Gasteiger charge is -2.16. The Morgan fingerprint density at radius 2 is 1.95 bits per heavy atom. The van der Waals surface area contributed by atoms with Crippen molar-refractivity contribution in [3.8, 4) is 0 Å². The van der Waals surface area contributed by atoms with Crippen LogP contribution < -0.4 is 5.32 Å². The third-order valence-corrected chi connectivity index (χ3v) is 5.17. The Morgan fingerprint density at radius 1 is 1.25 bits per heavy atom. The molecule has 1 aliphatic heterocycles. The molecule has 1 heterocycles. The highest BCUT2D eigenvalue weighted by molar-refractivity contribution is 7.89. The van der Waals surface area contributed by atoms with E-state index in [-0.39, 0.29) is 17.3 Å². The first-order valence-corrected chi connectivity index (χ1v) is 8.39. The largest absolute Gasteiger partial charge is 0.385 e. The zero-order chi connectivity index (χ0) is 14.6. The number of nitrogens with zero attached hydrogens (tertiary/aromatic N) is 1. The normalized spacial score (nSPS) is 15.7. The van der Waals surface area contributed by atoms with Crippen LogP contribution in [0.15, 0.2) is 29.2 Å². The molecule has 0 radical (unpaired) electrons. The van der Waals surface area contributed by atoms with Gasteiger partial charge in [-0.3, -0.25) is 4.79 Å². The Kier molecular flexibility index (Phi) is 4.65. The van der Waals surface area contributed by atoms with Gasteiger partial charge in [-0.2, -0.15) is 0 Å². The summed E-state index contributed by atoms with van der Waals surface area (Å²) in [7, 11) is -3.67. The molecule has 0 bridgehead atoms. The summed E-state index contributed by atoms with van der Waals surface area (Å²) in [6, 6.07) is 6.58. The van der Waals surface area contributed by atoms with E-state index < -0.39 is 10.0 Å². The van der Waals surface area contributed by atoms with Crippen LogP contribution in [0, 0.1) is 0 Å². The number of nitrogens with one attached hydrogen (secondary N) is 1. The Hall–Kier alpha value is -1.56. The minimum absolute atomic E-state index is 0.175. The van der Waals surface area contributed by atoms with Gasteiger partial charge in [0.25, 0.3) is 10.0 Å². The number of sulfonamides is 1. The number of carbonyl (C=O) groups is 1. The minimum atomic E-state index is -3.67. The van der Waals surface area contributed by atoms with Crippen molar-refractivity contribution in [2.24, 2.45) is 0 Å². The van der Waals surface area contributed by atoms with Crippen molar-refractivity contribution < 1.29 is 13.2 Å². The molecule has 0 saturated carbocycles. The molecule has 1 fully saturated rings. The fourth-order valence-corrected chi connectivity index (χ4v) is 3.62. The van der Waals surface area contributed by atoms with Crippen LogP contribution in [0.3, 0.4) is 0 Å². The molecule has 1 aliphatic rings. The average Bonchev–Trinajstić information content (AvgIpc) is 2.87. The molecule has 0 aliphatic carbocycles. The number of anilines is 1. The van der Waals surface area contributed by atoms with E-state index in [9.17, 15) is 13.2 Å². The Bertz CT molecular complexity index is 567. The molecule has 6 heteroatoms. The quantitative estimate of drug-likeness (QED) is 0.817. The molecule has 0 spiro atoms. The van der Waals surface area contributed by atoms with Gasteiger partial charge in [-0.05, 0) is 37.1 Å². The maximum atomic E-state index is 12.3. The fraction of sp³-hybridized carbons (Fsp3) is 0.500. The van der Waals surface area contributed by atoms with Crippen molar-refractivity contribution in [3.63, 3.8) is 0 Å². The van der Waals surface area contributed by atoms with Crippen molar-refractivity contribution in [2.75, 3.05) is 18.4 Å². The minimum Gasteiger partial charge on any atom is -0.385 e. The average molecular weight is 296 g/mol. The number of hydrogen-bond donors (Lipinski definition) is 1. The summed E-state index contributed by atoms with van der Waals surface area (Å²) in [5, 5.41) is 3.23. The smallest absolute Gasteiger partial charge is 0.266 e. The highest BCUT2D eigenvalue weighted by Crippen LogP contribution is 2.23. The lowest BCUT2D eigenvalue weighted by Crippen LogP contribution is -2.31. The maximum Gasteiger partial charge on any atom is 0.266 e. The Balaban J connectivity index is 2.11. The molecule has 1 aromatic carbocycles. The number of rotatable bonds is 6. The molecule has 5 nitrogen and oxygen atoms in total. The lowest BCUT2D eigenvalue weighted by molar-refractivity contribution is -0.123. The van der Waals surface area contributed by atoms with E-state index in [4.69, 9.17) is 0 Å². The standard InChI is InChI=1S/C14H20N2O3S/c1-2-3-10-15-12-6-8-13(9-7-12)20(18,19)16-11-4-5-14(16)17/h6-9,15H,2-5,10-11H2,1H3. The predicted molar refractivity (Wildman–Crippen MR) is 78.0 cm³/mol. The first kappa shape index (κ1) is 14.8. The first-order valence-electron chi connectivity index (χ1n) is 6.95. The summed E-state index contributed by atoms with van der Waals surface area (Å²) in [5.74, 6) is -0.310. The summed E-state index contributed by atoms with van der Waals surface area (Å²) in [6.45, 7) is 3.27. The second-order valence-corrected chi connectivity index (χ2v) is 6.74. The molecule has 2 rings (SSSR count). The summed E-state index contributed by atoms with van der Waals surface area (Å²) in [5.41, 5.74) is 0.894. The van der Waals surface area contributed by atoms with Gasteiger partial charge in [0.1, 0.15) is 0 Å². The molecule has 110 valence electrons. The van der Waals surface area contributed by atoms with Crippen LogP contribution in [0.1, 0.15) is 32.6 Å². The number of hydrogen-bond acceptors (Lipinski definition) is 4. The summed E-state index contributed by atoms with van der Waals surface area (Å²) in [4.78, 5) is 11.7. The molecular formula is C14H20N2O3S. The molecule has 1 saturated heterocycles. The van der Waals surface area contributed by atoms with E-state index in [0.29, 0.717) is 12.8 Å². The van der Waals surface area contributed by atoms with E-state index in [1.54, 1.807) is 24.3 Å². The van der Waals surface area contributed by atoms with Crippen molar-refractivity contribution in [3.05, 3.63) is 24.3 Å². The molecule has 1 aromatic rings. The summed E-state index contributed by atoms with van der Waals surface area (Å²) < 4.78 is 25.6. The van der Waals surface area contributed by atoms with Crippen LogP contribution in [0.5, 0.6) is 0 Å². The van der Waals surface area contributed by atoms with E-state index in [0.717, 1.165) is 29.4 Å². The lowest BCUT2D eigenvalue weighted by atomic mass is 10.3. The highest BCUT2D eigenvalue weighted by Gasteiger charge is 2.32. The SMILES string of the molecule is CCCCNc1ccc(S(=O)(=O)N2CCCC2=O)cc1. The highest BCUT2D eigenvalue weighted by atomic mass is 32.2. The summed E-state index contributed by atoms with van der Waals surface area (Å²) in [6.07, 6.45) is 3.10. The maximum absolute atomic E-state index is 12.3. The number of unbranched alkanes of at least 4 members (excludes halogenated alkanes) is 1. The Labute approximate surface area is 120 Å². The topological polar surface area (TPSA) is 66.5 Å². The number of benzene rings is 1. The summed E-state index contributed by atoms with van der Waals surface area (Å²) >= 11 is 0. The van der Waals surface area contributed by atoms with Gasteiger partial charge in [0, 0.05) is 25.2 Å². The van der Waals surface area contributed by atoms with Gasteiger partial charge in [0.2, 0.25) is 5.91 Å². The molecule has 0 atom stereocenters. The van der Waals surface area contributed by atoms with Gasteiger partial charge in [0.15, 0.2) is 0 Å². The third-order valence-electron chi connectivity index (χ3n) is 3.33. The van der Waals surface area contributed by atoms with E-state index in [2.05, 4.69) is 12.2 Å². The molecule has 1 N–H and O–H groups in total. The van der Waals surface area contributed by atoms with Crippen LogP contribution in [0.4, 0.5) is 5.69 Å². The fourth-order valence-electron chi connectivity index (χ4n) is 2.16. The third kappa shape index (κ3) is 3.12. The molecule has 20 heavy (non-hydrogen) atoms. The second kappa shape index (κ2) is 6.26. The van der Waals surface area contributed by atoms with Crippen LogP contribution in [-0.4, -0.2) is 31.7 Å². The van der Waals surface area contributed by atoms with Crippen LogP contribution in [0.2, 0.25) is 0 Å². The van der Waals surface area contributed by atoms with Gasteiger partial charge in [-0.25, -0.2) is 12.7 Å². The Morgan fingerprint density at radius 3 is 2.50 bits per heavy atom. The number of amides is 1. The first-order chi connectivity index (χ1) is 9.55. The zero-order valence-corrected chi connectivity index (χ0v) is 12.4. The van der Waals surface area contributed by atoms with Gasteiger partial charge in [0.05, 0.1) is 4.90 Å².